The summed E-state index contributed by atoms with van der Waals surface area (Å²) in [6.45, 7) is 3.85. The first-order chi connectivity index (χ1) is 12.1. The van der Waals surface area contributed by atoms with Gasteiger partial charge in [-0.2, -0.15) is 10.1 Å². The van der Waals surface area contributed by atoms with Gasteiger partial charge in [0.1, 0.15) is 11.6 Å². The number of benzene rings is 2. The lowest BCUT2D eigenvalue weighted by Gasteiger charge is -2.05. The van der Waals surface area contributed by atoms with Crippen molar-refractivity contribution in [3.63, 3.8) is 0 Å². The number of aromatic amines is 1. The summed E-state index contributed by atoms with van der Waals surface area (Å²) in [6.07, 6.45) is 0. The molecule has 0 spiro atoms. The van der Waals surface area contributed by atoms with E-state index in [1.54, 1.807) is 18.9 Å². The Hall–Kier alpha value is -2.80. The highest BCUT2D eigenvalue weighted by molar-refractivity contribution is 7.99. The number of aryl methyl sites for hydroxylation is 2. The van der Waals surface area contributed by atoms with E-state index in [2.05, 4.69) is 56.4 Å². The molecule has 0 aliphatic rings. The largest absolute Gasteiger partial charge is 0.468 e. The van der Waals surface area contributed by atoms with Crippen LogP contribution in [-0.4, -0.2) is 31.8 Å². The Bertz CT molecular complexity index is 1040. The van der Waals surface area contributed by atoms with Gasteiger partial charge in [0.15, 0.2) is 0 Å². The molecule has 25 heavy (non-hydrogen) atoms. The number of aromatic nitrogens is 5. The van der Waals surface area contributed by atoms with E-state index >= 15 is 0 Å². The van der Waals surface area contributed by atoms with Crippen molar-refractivity contribution in [3.8, 4) is 11.7 Å². The number of rotatable bonds is 4. The van der Waals surface area contributed by atoms with Crippen LogP contribution in [0.15, 0.2) is 52.3 Å². The van der Waals surface area contributed by atoms with Crippen molar-refractivity contribution < 1.29 is 4.74 Å². The van der Waals surface area contributed by atoms with Crippen LogP contribution in [0.4, 0.5) is 0 Å². The fourth-order valence-corrected chi connectivity index (χ4v) is 3.53. The second-order valence-corrected chi connectivity index (χ2v) is 6.79. The van der Waals surface area contributed by atoms with Gasteiger partial charge in [-0.15, -0.1) is 0 Å². The van der Waals surface area contributed by atoms with E-state index in [1.807, 2.05) is 24.6 Å². The van der Waals surface area contributed by atoms with Crippen molar-refractivity contribution in [3.05, 3.63) is 54.1 Å². The summed E-state index contributed by atoms with van der Waals surface area (Å²) in [5.41, 5.74) is 2.87. The lowest BCUT2D eigenvalue weighted by atomic mass is 10.3. The number of hydrogen-bond donors (Lipinski definition) is 1. The zero-order valence-corrected chi connectivity index (χ0v) is 15.0. The number of hydrogen-bond acceptors (Lipinski definition) is 5. The molecule has 0 atom stereocenters. The quantitative estimate of drug-likeness (QED) is 0.603. The molecule has 0 unspecified atom stereocenters. The third-order valence-corrected chi connectivity index (χ3v) is 4.82. The van der Waals surface area contributed by atoms with Crippen LogP contribution in [0.5, 0.6) is 6.01 Å². The first-order valence-corrected chi connectivity index (χ1v) is 8.66. The van der Waals surface area contributed by atoms with E-state index in [9.17, 15) is 0 Å². The average molecular weight is 351 g/mol. The van der Waals surface area contributed by atoms with Crippen molar-refractivity contribution in [1.29, 1.82) is 0 Å². The zero-order valence-electron chi connectivity index (χ0n) is 14.1. The third-order valence-electron chi connectivity index (χ3n) is 3.82. The number of H-pyrrole nitrogens is 1. The Kier molecular flexibility index (Phi) is 3.93. The maximum Gasteiger partial charge on any atom is 0.294 e. The van der Waals surface area contributed by atoms with Crippen molar-refractivity contribution >= 4 is 22.8 Å². The van der Waals surface area contributed by atoms with Gasteiger partial charge in [0.25, 0.3) is 6.01 Å². The summed E-state index contributed by atoms with van der Waals surface area (Å²) in [5, 5.41) is 4.41. The maximum absolute atomic E-state index is 5.14. The summed E-state index contributed by atoms with van der Waals surface area (Å²) >= 11 is 1.69. The van der Waals surface area contributed by atoms with Gasteiger partial charge in [-0.1, -0.05) is 11.8 Å². The molecule has 0 amide bonds. The molecule has 2 heterocycles. The molecule has 2 aromatic carbocycles. The lowest BCUT2D eigenvalue weighted by molar-refractivity contribution is 0.386. The average Bonchev–Trinajstić information content (AvgIpc) is 3.17. The van der Waals surface area contributed by atoms with Crippen LogP contribution in [0.2, 0.25) is 0 Å². The van der Waals surface area contributed by atoms with Gasteiger partial charge in [0, 0.05) is 9.79 Å². The van der Waals surface area contributed by atoms with Crippen LogP contribution in [0, 0.1) is 13.8 Å². The van der Waals surface area contributed by atoms with Crippen molar-refractivity contribution in [1.82, 2.24) is 24.7 Å². The van der Waals surface area contributed by atoms with Crippen molar-refractivity contribution in [2.24, 2.45) is 0 Å². The van der Waals surface area contributed by atoms with Gasteiger partial charge in [-0.05, 0) is 56.3 Å². The van der Waals surface area contributed by atoms with E-state index in [0.29, 0.717) is 6.01 Å². The highest BCUT2D eigenvalue weighted by Crippen LogP contribution is 2.30. The van der Waals surface area contributed by atoms with Crippen LogP contribution in [-0.2, 0) is 0 Å². The molecule has 2 aromatic heterocycles. The molecule has 0 bridgehead atoms. The summed E-state index contributed by atoms with van der Waals surface area (Å²) < 4.78 is 6.99. The molecular formula is C18H17N5OS. The minimum absolute atomic E-state index is 0.528. The smallest absolute Gasteiger partial charge is 0.294 e. The predicted molar refractivity (Wildman–Crippen MR) is 97.6 cm³/mol. The van der Waals surface area contributed by atoms with Gasteiger partial charge >= 0.3 is 0 Å². The first-order valence-electron chi connectivity index (χ1n) is 7.85. The van der Waals surface area contributed by atoms with E-state index in [1.165, 1.54) is 0 Å². The van der Waals surface area contributed by atoms with E-state index in [-0.39, 0.29) is 0 Å². The Morgan fingerprint density at radius 3 is 2.44 bits per heavy atom. The van der Waals surface area contributed by atoms with Crippen molar-refractivity contribution in [2.75, 3.05) is 7.11 Å². The lowest BCUT2D eigenvalue weighted by Crippen LogP contribution is -1.98. The molecule has 0 saturated carbocycles. The Balaban J connectivity index is 1.57. The SMILES string of the molecule is COc1nc2cc(Sc3ccc(-n4nc(C)nc4C)cc3)ccc2[nH]1. The fraction of sp³-hybridized carbons (Fsp3) is 0.167. The zero-order chi connectivity index (χ0) is 17.4. The molecule has 126 valence electrons. The molecule has 0 radical (unpaired) electrons. The summed E-state index contributed by atoms with van der Waals surface area (Å²) in [7, 11) is 1.60. The van der Waals surface area contributed by atoms with Crippen molar-refractivity contribution in [2.45, 2.75) is 23.6 Å². The molecule has 0 saturated heterocycles. The molecule has 0 fully saturated rings. The number of nitrogens with zero attached hydrogens (tertiary/aromatic N) is 4. The second-order valence-electron chi connectivity index (χ2n) is 5.64. The van der Waals surface area contributed by atoms with E-state index in [0.717, 1.165) is 38.2 Å². The van der Waals surface area contributed by atoms with Gasteiger partial charge in [-0.3, -0.25) is 0 Å². The Morgan fingerprint density at radius 1 is 1.00 bits per heavy atom. The molecule has 7 heteroatoms. The van der Waals surface area contributed by atoms with Crippen LogP contribution >= 0.6 is 11.8 Å². The molecule has 4 aromatic rings. The Morgan fingerprint density at radius 2 is 1.76 bits per heavy atom. The van der Waals surface area contributed by atoms with Crippen LogP contribution in [0.1, 0.15) is 11.6 Å². The van der Waals surface area contributed by atoms with Gasteiger partial charge in [0.2, 0.25) is 0 Å². The van der Waals surface area contributed by atoms with Crippen LogP contribution in [0.25, 0.3) is 16.7 Å². The highest BCUT2D eigenvalue weighted by Gasteiger charge is 2.07. The van der Waals surface area contributed by atoms with Crippen LogP contribution < -0.4 is 4.74 Å². The number of nitrogens with one attached hydrogen (secondary N) is 1. The second kappa shape index (κ2) is 6.25. The predicted octanol–water partition coefficient (Wildman–Crippen LogP) is 3.92. The minimum atomic E-state index is 0.528. The summed E-state index contributed by atoms with van der Waals surface area (Å²) in [6, 6.07) is 15.0. The summed E-state index contributed by atoms with van der Waals surface area (Å²) in [5.74, 6) is 1.66. The molecule has 6 nitrogen and oxygen atoms in total. The fourth-order valence-electron chi connectivity index (χ4n) is 2.68. The molecule has 1 N–H and O–H groups in total. The van der Waals surface area contributed by atoms with E-state index in [4.69, 9.17) is 4.74 Å². The van der Waals surface area contributed by atoms with Gasteiger partial charge < -0.3 is 9.72 Å². The number of methoxy groups -OCH3 is 1. The third kappa shape index (κ3) is 3.10. The first kappa shape index (κ1) is 15.7. The van der Waals surface area contributed by atoms with Gasteiger partial charge in [0.05, 0.1) is 23.8 Å². The summed E-state index contributed by atoms with van der Waals surface area (Å²) in [4.78, 5) is 14.1. The normalized spacial score (nSPS) is 11.2. The maximum atomic E-state index is 5.14. The van der Waals surface area contributed by atoms with Crippen LogP contribution in [0.3, 0.4) is 0 Å². The number of ether oxygens (including phenoxy) is 1. The topological polar surface area (TPSA) is 68.6 Å². The molecule has 0 aliphatic heterocycles. The monoisotopic (exact) mass is 351 g/mol. The number of imidazole rings is 1. The molecular weight excluding hydrogens is 334 g/mol. The van der Waals surface area contributed by atoms with Gasteiger partial charge in [-0.25, -0.2) is 9.67 Å². The standard InChI is InChI=1S/C18H17N5OS/c1-11-19-12(2)23(22-11)13-4-6-14(7-5-13)25-15-8-9-16-17(10-15)21-18(20-16)24-3/h4-10H,1-3H3,(H,20,21). The number of fused-ring (bicyclic) bond motifs is 1. The molecule has 4 rings (SSSR count). The Labute approximate surface area is 149 Å². The highest BCUT2D eigenvalue weighted by atomic mass is 32.2. The van der Waals surface area contributed by atoms with E-state index < -0.39 is 0 Å². The minimum Gasteiger partial charge on any atom is -0.468 e. The molecule has 0 aliphatic carbocycles.